The molecule has 1 aromatic heterocycles. The number of nitrogens with zero attached hydrogens (tertiary/aromatic N) is 1. The lowest BCUT2D eigenvalue weighted by molar-refractivity contribution is -0.137. The standard InChI is InChI=1S/C17H10F3NO3.C2H6.CH4/c18-17(19,20)12-2-4-13(5-3-12)24-15-14-6-1-11(16(22)23)9-10(14)7-8-21-15;1-2;/h1-9H,(H,22,23);1-2H3;1H4. The predicted octanol–water partition coefficient (Wildman–Crippen LogP) is 6.41. The van der Waals surface area contributed by atoms with Crippen molar-refractivity contribution >= 4 is 16.7 Å². The third-order valence-corrected chi connectivity index (χ3v) is 3.37. The van der Waals surface area contributed by atoms with Crippen LogP contribution in [0.25, 0.3) is 10.8 Å². The third-order valence-electron chi connectivity index (χ3n) is 3.37. The minimum atomic E-state index is -4.41. The SMILES string of the molecule is C.CC.O=C(O)c1ccc2c(Oc3ccc(C(F)(F)F)cc3)nccc2c1. The fraction of sp³-hybridized carbons (Fsp3) is 0.200. The number of carboxylic acid groups (broad SMARTS) is 1. The molecule has 0 amide bonds. The normalized spacial score (nSPS) is 10.4. The number of alkyl halides is 3. The van der Waals surface area contributed by atoms with Gasteiger partial charge in [-0.15, -0.1) is 0 Å². The van der Waals surface area contributed by atoms with E-state index in [-0.39, 0.29) is 24.6 Å². The summed E-state index contributed by atoms with van der Waals surface area (Å²) in [5.74, 6) is -0.673. The highest BCUT2D eigenvalue weighted by Crippen LogP contribution is 2.32. The van der Waals surface area contributed by atoms with Gasteiger partial charge < -0.3 is 9.84 Å². The first-order chi connectivity index (χ1) is 12.3. The van der Waals surface area contributed by atoms with E-state index in [0.717, 1.165) is 12.1 Å². The van der Waals surface area contributed by atoms with Crippen LogP contribution in [-0.2, 0) is 6.18 Å². The van der Waals surface area contributed by atoms with Crippen molar-refractivity contribution in [1.82, 2.24) is 4.98 Å². The smallest absolute Gasteiger partial charge is 0.416 e. The molecule has 3 aromatic rings. The Morgan fingerprint density at radius 3 is 2.22 bits per heavy atom. The largest absolute Gasteiger partial charge is 0.478 e. The van der Waals surface area contributed by atoms with E-state index >= 15 is 0 Å². The number of hydrogen-bond donors (Lipinski definition) is 1. The Balaban J connectivity index is 0.00000118. The zero-order chi connectivity index (χ0) is 19.3. The van der Waals surface area contributed by atoms with Gasteiger partial charge in [0, 0.05) is 11.6 Å². The third kappa shape index (κ3) is 5.20. The fourth-order valence-corrected chi connectivity index (χ4v) is 2.19. The molecule has 0 aliphatic heterocycles. The van der Waals surface area contributed by atoms with Crippen molar-refractivity contribution in [2.45, 2.75) is 27.5 Å². The number of carboxylic acids is 1. The number of pyridine rings is 1. The summed E-state index contributed by atoms with van der Waals surface area (Å²) in [4.78, 5) is 15.1. The molecule has 0 atom stereocenters. The quantitative estimate of drug-likeness (QED) is 0.571. The Labute approximate surface area is 155 Å². The van der Waals surface area contributed by atoms with Gasteiger partial charge in [-0.1, -0.05) is 21.3 Å². The Morgan fingerprint density at radius 1 is 1.04 bits per heavy atom. The van der Waals surface area contributed by atoms with Crippen LogP contribution < -0.4 is 4.74 Å². The first kappa shape index (κ1) is 22.0. The molecule has 0 fully saturated rings. The van der Waals surface area contributed by atoms with Crippen LogP contribution in [0.5, 0.6) is 11.6 Å². The maximum Gasteiger partial charge on any atom is 0.416 e. The second-order valence-corrected chi connectivity index (χ2v) is 4.98. The monoisotopic (exact) mass is 379 g/mol. The molecule has 0 unspecified atom stereocenters. The van der Waals surface area contributed by atoms with Gasteiger partial charge in [-0.05, 0) is 53.9 Å². The van der Waals surface area contributed by atoms with Crippen molar-refractivity contribution in [3.63, 3.8) is 0 Å². The van der Waals surface area contributed by atoms with Gasteiger partial charge in [-0.2, -0.15) is 13.2 Å². The summed E-state index contributed by atoms with van der Waals surface area (Å²) in [7, 11) is 0. The maximum absolute atomic E-state index is 12.6. The lowest BCUT2D eigenvalue weighted by atomic mass is 10.1. The average Bonchev–Trinajstić information content (AvgIpc) is 2.63. The van der Waals surface area contributed by atoms with Gasteiger partial charge in [-0.3, -0.25) is 0 Å². The molecule has 144 valence electrons. The van der Waals surface area contributed by atoms with Gasteiger partial charge in [-0.25, -0.2) is 9.78 Å². The molecule has 0 saturated heterocycles. The van der Waals surface area contributed by atoms with Gasteiger partial charge in [0.25, 0.3) is 0 Å². The van der Waals surface area contributed by atoms with Crippen LogP contribution in [0.4, 0.5) is 13.2 Å². The number of rotatable bonds is 3. The zero-order valence-electron chi connectivity index (χ0n) is 14.0. The summed E-state index contributed by atoms with van der Waals surface area (Å²) in [5, 5.41) is 10.2. The van der Waals surface area contributed by atoms with Crippen molar-refractivity contribution < 1.29 is 27.8 Å². The van der Waals surface area contributed by atoms with Crippen molar-refractivity contribution in [2.75, 3.05) is 0 Å². The van der Waals surface area contributed by atoms with Gasteiger partial charge in [0.2, 0.25) is 5.88 Å². The van der Waals surface area contributed by atoms with Crippen LogP contribution in [0.2, 0.25) is 0 Å². The molecule has 3 rings (SSSR count). The molecule has 27 heavy (non-hydrogen) atoms. The summed E-state index contributed by atoms with van der Waals surface area (Å²) in [6.07, 6.45) is -2.98. The molecule has 1 N–H and O–H groups in total. The summed E-state index contributed by atoms with van der Waals surface area (Å²) in [6, 6.07) is 10.3. The summed E-state index contributed by atoms with van der Waals surface area (Å²) >= 11 is 0. The minimum absolute atomic E-state index is 0. The molecule has 2 aromatic carbocycles. The number of aromatic nitrogens is 1. The van der Waals surface area contributed by atoms with E-state index in [2.05, 4.69) is 4.98 Å². The molecule has 0 aliphatic rings. The second kappa shape index (κ2) is 9.02. The minimum Gasteiger partial charge on any atom is -0.478 e. The number of fused-ring (bicyclic) bond motifs is 1. The van der Waals surface area contributed by atoms with E-state index in [0.29, 0.717) is 10.8 Å². The first-order valence-corrected chi connectivity index (χ1v) is 7.82. The van der Waals surface area contributed by atoms with Crippen LogP contribution in [0.3, 0.4) is 0 Å². The fourth-order valence-electron chi connectivity index (χ4n) is 2.19. The summed E-state index contributed by atoms with van der Waals surface area (Å²) < 4.78 is 43.2. The average molecular weight is 379 g/mol. The molecule has 0 aliphatic carbocycles. The molecule has 0 bridgehead atoms. The number of benzene rings is 2. The maximum atomic E-state index is 12.6. The molecular formula is C20H20F3NO3. The molecule has 1 heterocycles. The Bertz CT molecular complexity index is 906. The van der Waals surface area contributed by atoms with Crippen molar-refractivity contribution in [3.8, 4) is 11.6 Å². The van der Waals surface area contributed by atoms with Crippen LogP contribution in [0, 0.1) is 0 Å². The van der Waals surface area contributed by atoms with Gasteiger partial charge in [0.05, 0.1) is 11.1 Å². The van der Waals surface area contributed by atoms with Crippen molar-refractivity contribution in [3.05, 3.63) is 65.9 Å². The summed E-state index contributed by atoms with van der Waals surface area (Å²) in [5.41, 5.74) is -0.652. The number of aromatic carboxylic acids is 1. The Kier molecular flexibility index (Phi) is 7.34. The van der Waals surface area contributed by atoms with Crippen LogP contribution in [-0.4, -0.2) is 16.1 Å². The number of ether oxygens (including phenoxy) is 1. The van der Waals surface area contributed by atoms with Crippen molar-refractivity contribution in [1.29, 1.82) is 0 Å². The highest BCUT2D eigenvalue weighted by atomic mass is 19.4. The van der Waals surface area contributed by atoms with E-state index in [1.807, 2.05) is 13.8 Å². The lowest BCUT2D eigenvalue weighted by Crippen LogP contribution is -2.04. The van der Waals surface area contributed by atoms with Gasteiger partial charge in [0.15, 0.2) is 0 Å². The van der Waals surface area contributed by atoms with Gasteiger partial charge >= 0.3 is 12.1 Å². The molecule has 4 nitrogen and oxygen atoms in total. The molecule has 0 spiro atoms. The highest BCUT2D eigenvalue weighted by molar-refractivity contribution is 5.95. The molecule has 0 saturated carbocycles. The second-order valence-electron chi connectivity index (χ2n) is 4.98. The Hall–Kier alpha value is -3.09. The van der Waals surface area contributed by atoms with Gasteiger partial charge in [0.1, 0.15) is 5.75 Å². The topological polar surface area (TPSA) is 59.4 Å². The lowest BCUT2D eigenvalue weighted by Gasteiger charge is -2.10. The van der Waals surface area contributed by atoms with E-state index in [1.165, 1.54) is 30.5 Å². The van der Waals surface area contributed by atoms with E-state index in [9.17, 15) is 18.0 Å². The number of carbonyl (C=O) groups is 1. The van der Waals surface area contributed by atoms with Crippen molar-refractivity contribution in [2.24, 2.45) is 0 Å². The Morgan fingerprint density at radius 2 is 1.67 bits per heavy atom. The highest BCUT2D eigenvalue weighted by Gasteiger charge is 2.30. The molecule has 0 radical (unpaired) electrons. The van der Waals surface area contributed by atoms with Crippen LogP contribution in [0.15, 0.2) is 54.7 Å². The van der Waals surface area contributed by atoms with E-state index < -0.39 is 17.7 Å². The van der Waals surface area contributed by atoms with Crippen LogP contribution >= 0.6 is 0 Å². The molecular weight excluding hydrogens is 359 g/mol. The zero-order valence-corrected chi connectivity index (χ0v) is 14.0. The van der Waals surface area contributed by atoms with E-state index in [4.69, 9.17) is 9.84 Å². The first-order valence-electron chi connectivity index (χ1n) is 7.82. The van der Waals surface area contributed by atoms with Crippen LogP contribution in [0.1, 0.15) is 37.2 Å². The number of hydrogen-bond acceptors (Lipinski definition) is 3. The molecule has 7 heteroatoms. The number of halogens is 3. The predicted molar refractivity (Wildman–Crippen MR) is 98.3 cm³/mol. The van der Waals surface area contributed by atoms with E-state index in [1.54, 1.807) is 12.1 Å². The summed E-state index contributed by atoms with van der Waals surface area (Å²) in [6.45, 7) is 4.00.